The summed E-state index contributed by atoms with van der Waals surface area (Å²) in [5.41, 5.74) is 0.870. The molecule has 1 fully saturated rings. The van der Waals surface area contributed by atoms with E-state index in [9.17, 15) is 13.2 Å². The van der Waals surface area contributed by atoms with E-state index in [4.69, 9.17) is 0 Å². The summed E-state index contributed by atoms with van der Waals surface area (Å²) >= 11 is 0. The number of rotatable bonds is 4. The van der Waals surface area contributed by atoms with Crippen LogP contribution in [0.15, 0.2) is 30.3 Å². The van der Waals surface area contributed by atoms with Crippen molar-refractivity contribution in [1.82, 2.24) is 4.90 Å². The molecule has 2 nitrogen and oxygen atoms in total. The van der Waals surface area contributed by atoms with Crippen LogP contribution in [0.3, 0.4) is 0 Å². The predicted molar refractivity (Wildman–Crippen MR) is 77.0 cm³/mol. The van der Waals surface area contributed by atoms with Crippen LogP contribution >= 0.6 is 0 Å². The normalized spacial score (nSPS) is 18.3. The van der Waals surface area contributed by atoms with Crippen molar-refractivity contribution in [3.8, 4) is 5.75 Å². The molecule has 0 saturated carbocycles. The second-order valence-corrected chi connectivity index (χ2v) is 5.50. The largest absolute Gasteiger partial charge is 0.573 e. The van der Waals surface area contributed by atoms with Crippen LogP contribution < -0.4 is 4.74 Å². The number of likely N-dealkylation sites (tertiary alicyclic amines) is 1. The quantitative estimate of drug-likeness (QED) is 0.820. The molecule has 1 aromatic rings. The van der Waals surface area contributed by atoms with Crippen LogP contribution in [0.1, 0.15) is 25.3 Å². The molecule has 5 heteroatoms. The van der Waals surface area contributed by atoms with Gasteiger partial charge in [-0.1, -0.05) is 31.2 Å². The summed E-state index contributed by atoms with van der Waals surface area (Å²) < 4.78 is 39.9. The van der Waals surface area contributed by atoms with Crippen molar-refractivity contribution < 1.29 is 17.9 Å². The molecule has 0 N–H and O–H groups in total. The number of halogens is 3. The van der Waals surface area contributed by atoms with Gasteiger partial charge in [-0.05, 0) is 49.5 Å². The highest BCUT2D eigenvalue weighted by Crippen LogP contribution is 2.23. The minimum Gasteiger partial charge on any atom is -0.406 e. The average molecular weight is 299 g/mol. The van der Waals surface area contributed by atoms with Gasteiger partial charge in [-0.25, -0.2) is 0 Å². The third-order valence-electron chi connectivity index (χ3n) is 3.66. The lowest BCUT2D eigenvalue weighted by Crippen LogP contribution is -2.32. The molecule has 1 saturated heterocycles. The summed E-state index contributed by atoms with van der Waals surface area (Å²) in [4.78, 5) is 2.39. The third kappa shape index (κ3) is 5.79. The van der Waals surface area contributed by atoms with Gasteiger partial charge in [0, 0.05) is 6.54 Å². The van der Waals surface area contributed by atoms with E-state index in [0.29, 0.717) is 0 Å². The van der Waals surface area contributed by atoms with Crippen LogP contribution in [-0.4, -0.2) is 30.9 Å². The Morgan fingerprint density at radius 1 is 1.19 bits per heavy atom. The first-order valence-electron chi connectivity index (χ1n) is 7.17. The predicted octanol–water partition coefficient (Wildman–Crippen LogP) is 4.33. The lowest BCUT2D eigenvalue weighted by atomic mass is 9.99. The van der Waals surface area contributed by atoms with E-state index in [0.717, 1.165) is 31.1 Å². The van der Waals surface area contributed by atoms with Gasteiger partial charge in [0.15, 0.2) is 0 Å². The lowest BCUT2D eigenvalue weighted by Gasteiger charge is -2.29. The molecule has 0 bridgehead atoms. The highest BCUT2D eigenvalue weighted by Gasteiger charge is 2.30. The van der Waals surface area contributed by atoms with Crippen LogP contribution in [-0.2, 0) is 0 Å². The standard InChI is InChI=1S/C16H20F3NO/c1-13-8-11-20(12-9-13)10-2-3-14-4-6-15(7-5-14)21-16(17,18)19/h2-7,13H,8-12H2,1H3. The Morgan fingerprint density at radius 3 is 2.38 bits per heavy atom. The summed E-state index contributed by atoms with van der Waals surface area (Å²) in [7, 11) is 0. The Hall–Kier alpha value is -1.49. The maximum atomic E-state index is 12.0. The molecule has 2 rings (SSSR count). The molecule has 116 valence electrons. The van der Waals surface area contributed by atoms with Crippen LogP contribution in [0.4, 0.5) is 13.2 Å². The maximum absolute atomic E-state index is 12.0. The van der Waals surface area contributed by atoms with Gasteiger partial charge < -0.3 is 4.74 Å². The molecule has 0 amide bonds. The molecule has 1 heterocycles. The molecule has 21 heavy (non-hydrogen) atoms. The van der Waals surface area contributed by atoms with Crippen molar-refractivity contribution in [1.29, 1.82) is 0 Å². The fraction of sp³-hybridized carbons (Fsp3) is 0.500. The van der Waals surface area contributed by atoms with Crippen molar-refractivity contribution in [3.63, 3.8) is 0 Å². The minimum atomic E-state index is -4.64. The van der Waals surface area contributed by atoms with Gasteiger partial charge >= 0.3 is 6.36 Å². The number of hydrogen-bond acceptors (Lipinski definition) is 2. The molecule has 1 aromatic carbocycles. The van der Waals surface area contributed by atoms with Gasteiger partial charge in [-0.15, -0.1) is 13.2 Å². The first kappa shape index (κ1) is 15.9. The number of alkyl halides is 3. The summed E-state index contributed by atoms with van der Waals surface area (Å²) in [6.45, 7) is 5.39. The number of nitrogens with zero attached hydrogens (tertiary/aromatic N) is 1. The van der Waals surface area contributed by atoms with Gasteiger partial charge in [0.1, 0.15) is 5.75 Å². The summed E-state index contributed by atoms with van der Waals surface area (Å²) in [6.07, 6.45) is 1.81. The Kier molecular flexibility index (Phi) is 5.28. The Labute approximate surface area is 123 Å². The van der Waals surface area contributed by atoms with Crippen molar-refractivity contribution in [2.45, 2.75) is 26.1 Å². The molecule has 1 aliphatic heterocycles. The summed E-state index contributed by atoms with van der Waals surface area (Å²) in [6, 6.07) is 5.90. The first-order valence-corrected chi connectivity index (χ1v) is 7.17. The number of ether oxygens (including phenoxy) is 1. The molecule has 0 atom stereocenters. The smallest absolute Gasteiger partial charge is 0.406 e. The summed E-state index contributed by atoms with van der Waals surface area (Å²) in [5, 5.41) is 0. The Morgan fingerprint density at radius 2 is 1.81 bits per heavy atom. The lowest BCUT2D eigenvalue weighted by molar-refractivity contribution is -0.274. The van der Waals surface area contributed by atoms with E-state index in [1.165, 1.54) is 25.0 Å². The maximum Gasteiger partial charge on any atom is 0.573 e. The van der Waals surface area contributed by atoms with Crippen molar-refractivity contribution in [2.24, 2.45) is 5.92 Å². The van der Waals surface area contributed by atoms with Gasteiger partial charge in [0.05, 0.1) is 0 Å². The zero-order valence-electron chi connectivity index (χ0n) is 12.1. The highest BCUT2D eigenvalue weighted by molar-refractivity contribution is 5.50. The molecule has 0 aliphatic carbocycles. The van der Waals surface area contributed by atoms with Crippen LogP contribution in [0.5, 0.6) is 5.75 Å². The van der Waals surface area contributed by atoms with Crippen molar-refractivity contribution in [2.75, 3.05) is 19.6 Å². The molecule has 0 aromatic heterocycles. The van der Waals surface area contributed by atoms with Gasteiger partial charge in [0.2, 0.25) is 0 Å². The molecule has 0 radical (unpaired) electrons. The van der Waals surface area contributed by atoms with E-state index < -0.39 is 6.36 Å². The van der Waals surface area contributed by atoms with Gasteiger partial charge in [0.25, 0.3) is 0 Å². The third-order valence-corrected chi connectivity index (χ3v) is 3.66. The van der Waals surface area contributed by atoms with Crippen LogP contribution in [0, 0.1) is 5.92 Å². The zero-order valence-corrected chi connectivity index (χ0v) is 12.1. The second-order valence-electron chi connectivity index (χ2n) is 5.50. The molecule has 0 unspecified atom stereocenters. The fourth-order valence-corrected chi connectivity index (χ4v) is 2.36. The topological polar surface area (TPSA) is 12.5 Å². The molecular weight excluding hydrogens is 279 g/mol. The Bertz CT molecular complexity index is 459. The van der Waals surface area contributed by atoms with Gasteiger partial charge in [-0.3, -0.25) is 4.90 Å². The van der Waals surface area contributed by atoms with Crippen molar-refractivity contribution in [3.05, 3.63) is 35.9 Å². The monoisotopic (exact) mass is 299 g/mol. The minimum absolute atomic E-state index is 0.190. The second kappa shape index (κ2) is 6.98. The van der Waals surface area contributed by atoms with Crippen molar-refractivity contribution >= 4 is 6.08 Å². The fourth-order valence-electron chi connectivity index (χ4n) is 2.36. The number of piperidine rings is 1. The van der Waals surface area contributed by atoms with E-state index in [1.807, 2.05) is 6.08 Å². The number of hydrogen-bond donors (Lipinski definition) is 0. The number of benzene rings is 1. The van der Waals surface area contributed by atoms with Gasteiger partial charge in [-0.2, -0.15) is 0 Å². The SMILES string of the molecule is CC1CCN(CC=Cc2ccc(OC(F)(F)F)cc2)CC1. The zero-order chi connectivity index (χ0) is 15.3. The Balaban J connectivity index is 1.81. The highest BCUT2D eigenvalue weighted by atomic mass is 19.4. The van der Waals surface area contributed by atoms with E-state index in [2.05, 4.69) is 22.6 Å². The first-order chi connectivity index (χ1) is 9.92. The van der Waals surface area contributed by atoms with E-state index >= 15 is 0 Å². The molecule has 1 aliphatic rings. The average Bonchev–Trinajstić information content (AvgIpc) is 2.41. The molecular formula is C16H20F3NO. The molecule has 0 spiro atoms. The van der Waals surface area contributed by atoms with Crippen LogP contribution in [0.25, 0.3) is 6.08 Å². The van der Waals surface area contributed by atoms with E-state index in [-0.39, 0.29) is 5.75 Å². The van der Waals surface area contributed by atoms with E-state index in [1.54, 1.807) is 12.1 Å². The van der Waals surface area contributed by atoms with Crippen LogP contribution in [0.2, 0.25) is 0 Å². The summed E-state index contributed by atoms with van der Waals surface area (Å²) in [5.74, 6) is 0.621.